The molecule has 1 aromatic heterocycles. The summed E-state index contributed by atoms with van der Waals surface area (Å²) in [6.45, 7) is 4.37. The number of fused-ring (bicyclic) bond motifs is 1. The number of rotatable bonds is 0. The summed E-state index contributed by atoms with van der Waals surface area (Å²) in [6.07, 6.45) is 2.90. The number of nitrogen functional groups attached to an aromatic ring is 1. The van der Waals surface area contributed by atoms with Crippen molar-refractivity contribution in [3.63, 3.8) is 0 Å². The molecule has 0 aromatic carbocycles. The van der Waals surface area contributed by atoms with E-state index < -0.39 is 5.63 Å². The van der Waals surface area contributed by atoms with Crippen molar-refractivity contribution in [2.24, 2.45) is 5.41 Å². The van der Waals surface area contributed by atoms with Gasteiger partial charge in [0, 0.05) is 6.42 Å². The summed E-state index contributed by atoms with van der Waals surface area (Å²) in [5, 5.41) is 0. The molecule has 0 saturated heterocycles. The van der Waals surface area contributed by atoms with Gasteiger partial charge in [-0.25, -0.2) is 4.79 Å². The van der Waals surface area contributed by atoms with Crippen LogP contribution in [0.25, 0.3) is 0 Å². The predicted octanol–water partition coefficient (Wildman–Crippen LogP) is 1.74. The van der Waals surface area contributed by atoms with Crippen LogP contribution in [-0.2, 0) is 12.8 Å². The van der Waals surface area contributed by atoms with Crippen molar-refractivity contribution in [1.29, 1.82) is 0 Å². The molecule has 2 rings (SSSR count). The molecule has 14 heavy (non-hydrogen) atoms. The Morgan fingerprint density at radius 1 is 1.50 bits per heavy atom. The summed E-state index contributed by atoms with van der Waals surface area (Å²) in [6, 6.07) is 1.76. The standard InChI is InChI=1S/C11H15NO2/c1-11(2)4-3-7-5-8(12)10(13)14-9(7)6-11/h5H,3-4,6,12H2,1-2H3. The van der Waals surface area contributed by atoms with Crippen LogP contribution in [-0.4, -0.2) is 0 Å². The largest absolute Gasteiger partial charge is 0.426 e. The lowest BCUT2D eigenvalue weighted by molar-refractivity contribution is 0.272. The summed E-state index contributed by atoms with van der Waals surface area (Å²) in [7, 11) is 0. The summed E-state index contributed by atoms with van der Waals surface area (Å²) < 4.78 is 5.19. The van der Waals surface area contributed by atoms with E-state index in [0.717, 1.165) is 30.6 Å². The maximum Gasteiger partial charge on any atom is 0.359 e. The molecule has 0 bridgehead atoms. The third-order valence-electron chi connectivity index (χ3n) is 2.85. The van der Waals surface area contributed by atoms with Crippen molar-refractivity contribution < 1.29 is 4.42 Å². The molecule has 0 spiro atoms. The first-order valence-corrected chi connectivity index (χ1v) is 4.89. The summed E-state index contributed by atoms with van der Waals surface area (Å²) >= 11 is 0. The highest BCUT2D eigenvalue weighted by Crippen LogP contribution is 2.34. The zero-order valence-electron chi connectivity index (χ0n) is 8.59. The van der Waals surface area contributed by atoms with Crippen molar-refractivity contribution >= 4 is 5.69 Å². The van der Waals surface area contributed by atoms with E-state index in [9.17, 15) is 4.79 Å². The zero-order valence-corrected chi connectivity index (χ0v) is 8.59. The Morgan fingerprint density at radius 3 is 2.93 bits per heavy atom. The molecule has 1 aromatic rings. The molecule has 0 radical (unpaired) electrons. The fourth-order valence-corrected chi connectivity index (χ4v) is 1.92. The minimum Gasteiger partial charge on any atom is -0.426 e. The fourth-order valence-electron chi connectivity index (χ4n) is 1.92. The first-order valence-electron chi connectivity index (χ1n) is 4.89. The lowest BCUT2D eigenvalue weighted by atomic mass is 9.77. The van der Waals surface area contributed by atoms with E-state index in [1.807, 2.05) is 0 Å². The third kappa shape index (κ3) is 1.54. The molecule has 2 N–H and O–H groups in total. The normalized spacial score (nSPS) is 19.0. The van der Waals surface area contributed by atoms with Gasteiger partial charge in [-0.3, -0.25) is 0 Å². The number of hydrogen-bond donors (Lipinski definition) is 1. The molecule has 0 aliphatic heterocycles. The van der Waals surface area contributed by atoms with Crippen LogP contribution in [0.5, 0.6) is 0 Å². The molecule has 76 valence electrons. The second-order valence-electron chi connectivity index (χ2n) is 4.78. The van der Waals surface area contributed by atoms with Crippen LogP contribution in [0, 0.1) is 5.41 Å². The predicted molar refractivity (Wildman–Crippen MR) is 55.2 cm³/mol. The van der Waals surface area contributed by atoms with E-state index in [4.69, 9.17) is 10.2 Å². The quantitative estimate of drug-likeness (QED) is 0.682. The van der Waals surface area contributed by atoms with Gasteiger partial charge < -0.3 is 10.2 Å². The molecule has 3 nitrogen and oxygen atoms in total. The van der Waals surface area contributed by atoms with Gasteiger partial charge >= 0.3 is 5.63 Å². The maximum atomic E-state index is 11.2. The molecule has 0 fully saturated rings. The highest BCUT2D eigenvalue weighted by atomic mass is 16.4. The van der Waals surface area contributed by atoms with Gasteiger partial charge in [-0.05, 0) is 29.9 Å². The van der Waals surface area contributed by atoms with E-state index in [0.29, 0.717) is 0 Å². The van der Waals surface area contributed by atoms with Crippen molar-refractivity contribution in [1.82, 2.24) is 0 Å². The Morgan fingerprint density at radius 2 is 2.21 bits per heavy atom. The molecule has 1 heterocycles. The number of aryl methyl sites for hydroxylation is 1. The van der Waals surface area contributed by atoms with Gasteiger partial charge in [0.2, 0.25) is 0 Å². The molecule has 1 aliphatic rings. The van der Waals surface area contributed by atoms with Gasteiger partial charge in [0.15, 0.2) is 0 Å². The lowest BCUT2D eigenvalue weighted by Gasteiger charge is -2.29. The molecule has 0 unspecified atom stereocenters. The molecule has 3 heteroatoms. The van der Waals surface area contributed by atoms with E-state index in [2.05, 4.69) is 13.8 Å². The van der Waals surface area contributed by atoms with Crippen LogP contribution in [0.15, 0.2) is 15.3 Å². The zero-order chi connectivity index (χ0) is 10.3. The molecule has 0 amide bonds. The molecule has 0 atom stereocenters. The van der Waals surface area contributed by atoms with Crippen LogP contribution in [0.4, 0.5) is 5.69 Å². The molecular weight excluding hydrogens is 178 g/mol. The van der Waals surface area contributed by atoms with Gasteiger partial charge in [0.1, 0.15) is 11.4 Å². The second-order valence-corrected chi connectivity index (χ2v) is 4.78. The summed E-state index contributed by atoms with van der Waals surface area (Å²) in [5.74, 6) is 0.820. The van der Waals surface area contributed by atoms with Crippen molar-refractivity contribution in [3.8, 4) is 0 Å². The highest BCUT2D eigenvalue weighted by molar-refractivity contribution is 5.39. The summed E-state index contributed by atoms with van der Waals surface area (Å²) in [5.41, 5.74) is 6.66. The molecular formula is C11H15NO2. The summed E-state index contributed by atoms with van der Waals surface area (Å²) in [4.78, 5) is 11.2. The van der Waals surface area contributed by atoms with Crippen molar-refractivity contribution in [2.75, 3.05) is 5.73 Å². The van der Waals surface area contributed by atoms with Crippen molar-refractivity contribution in [2.45, 2.75) is 33.1 Å². The van der Waals surface area contributed by atoms with Gasteiger partial charge in [-0.2, -0.15) is 0 Å². The Kier molecular flexibility index (Phi) is 1.91. The average Bonchev–Trinajstić information content (AvgIpc) is 2.07. The minimum atomic E-state index is -0.401. The van der Waals surface area contributed by atoms with Crippen LogP contribution in [0.1, 0.15) is 31.6 Å². The monoisotopic (exact) mass is 193 g/mol. The van der Waals surface area contributed by atoms with Crippen molar-refractivity contribution in [3.05, 3.63) is 27.8 Å². The van der Waals surface area contributed by atoms with Crippen LogP contribution < -0.4 is 11.4 Å². The lowest BCUT2D eigenvalue weighted by Crippen LogP contribution is -2.24. The Balaban J connectivity index is 2.48. The SMILES string of the molecule is CC1(C)CCc2cc(N)c(=O)oc2C1. The van der Waals surface area contributed by atoms with Crippen LogP contribution >= 0.6 is 0 Å². The van der Waals surface area contributed by atoms with E-state index in [-0.39, 0.29) is 11.1 Å². The average molecular weight is 193 g/mol. The van der Waals surface area contributed by atoms with Crippen LogP contribution in [0.3, 0.4) is 0 Å². The van der Waals surface area contributed by atoms with Gasteiger partial charge in [-0.1, -0.05) is 13.8 Å². The van der Waals surface area contributed by atoms with E-state index >= 15 is 0 Å². The topological polar surface area (TPSA) is 56.2 Å². The maximum absolute atomic E-state index is 11.2. The third-order valence-corrected chi connectivity index (χ3v) is 2.85. The Hall–Kier alpha value is -1.25. The van der Waals surface area contributed by atoms with Crippen LogP contribution in [0.2, 0.25) is 0 Å². The first kappa shape index (κ1) is 9.31. The molecule has 1 aliphatic carbocycles. The van der Waals surface area contributed by atoms with E-state index in [1.54, 1.807) is 6.07 Å². The van der Waals surface area contributed by atoms with Gasteiger partial charge in [-0.15, -0.1) is 0 Å². The van der Waals surface area contributed by atoms with Gasteiger partial charge in [0.05, 0.1) is 0 Å². The Bertz CT molecular complexity index is 418. The molecule has 0 saturated carbocycles. The smallest absolute Gasteiger partial charge is 0.359 e. The number of nitrogens with two attached hydrogens (primary N) is 1. The fraction of sp³-hybridized carbons (Fsp3) is 0.545. The highest BCUT2D eigenvalue weighted by Gasteiger charge is 2.27. The second kappa shape index (κ2) is 2.87. The van der Waals surface area contributed by atoms with E-state index in [1.165, 1.54) is 0 Å². The minimum absolute atomic E-state index is 0.225. The number of hydrogen-bond acceptors (Lipinski definition) is 3. The number of anilines is 1. The first-order chi connectivity index (χ1) is 6.48. The van der Waals surface area contributed by atoms with Gasteiger partial charge in [0.25, 0.3) is 0 Å². The Labute approximate surface area is 82.9 Å².